The molecule has 0 saturated carbocycles. The van der Waals surface area contributed by atoms with Crippen molar-refractivity contribution in [2.24, 2.45) is 0 Å². The number of nitrogens with zero attached hydrogens (tertiary/aromatic N) is 3. The van der Waals surface area contributed by atoms with Crippen LogP contribution in [0.4, 0.5) is 5.13 Å². The summed E-state index contributed by atoms with van der Waals surface area (Å²) in [5, 5.41) is 6.90. The molecule has 4 aromatic rings. The van der Waals surface area contributed by atoms with Gasteiger partial charge in [-0.2, -0.15) is 0 Å². The number of carbonyl (C=O) groups is 1. The highest BCUT2D eigenvalue weighted by Gasteiger charge is 2.11. The molecule has 0 aliphatic heterocycles. The van der Waals surface area contributed by atoms with Gasteiger partial charge in [-0.15, -0.1) is 22.7 Å². The number of benzene rings is 1. The van der Waals surface area contributed by atoms with E-state index in [4.69, 9.17) is 11.6 Å². The van der Waals surface area contributed by atoms with Crippen LogP contribution in [0.15, 0.2) is 60.4 Å². The number of hydrogen-bond acceptors (Lipinski definition) is 6. The highest BCUT2D eigenvalue weighted by Crippen LogP contribution is 2.24. The lowest BCUT2D eigenvalue weighted by Gasteiger charge is -2.00. The Hall–Kier alpha value is -2.61. The summed E-state index contributed by atoms with van der Waals surface area (Å²) in [6, 6.07) is 11.5. The number of pyridine rings is 1. The molecule has 0 unspecified atom stereocenters. The van der Waals surface area contributed by atoms with Gasteiger partial charge in [0.2, 0.25) is 5.91 Å². The number of aromatic nitrogens is 3. The van der Waals surface area contributed by atoms with Gasteiger partial charge in [-0.1, -0.05) is 23.7 Å². The van der Waals surface area contributed by atoms with E-state index in [0.717, 1.165) is 33.1 Å². The van der Waals surface area contributed by atoms with Gasteiger partial charge in [0.25, 0.3) is 0 Å². The Bertz CT molecular complexity index is 1090. The summed E-state index contributed by atoms with van der Waals surface area (Å²) < 4.78 is 0. The van der Waals surface area contributed by atoms with E-state index in [-0.39, 0.29) is 12.3 Å². The molecule has 8 heteroatoms. The molecule has 0 radical (unpaired) electrons. The summed E-state index contributed by atoms with van der Waals surface area (Å²) in [7, 11) is 0. The molecule has 3 heterocycles. The van der Waals surface area contributed by atoms with Crippen molar-refractivity contribution in [2.45, 2.75) is 12.8 Å². The van der Waals surface area contributed by atoms with E-state index in [0.29, 0.717) is 10.2 Å². The minimum Gasteiger partial charge on any atom is -0.302 e. The Morgan fingerprint density at radius 3 is 2.93 bits per heavy atom. The number of thiazole rings is 2. The summed E-state index contributed by atoms with van der Waals surface area (Å²) in [6.45, 7) is 0. The topological polar surface area (TPSA) is 67.8 Å². The summed E-state index contributed by atoms with van der Waals surface area (Å²) in [6.07, 6.45) is 6.21. The Kier molecular flexibility index (Phi) is 5.76. The maximum absolute atomic E-state index is 12.3. The zero-order chi connectivity index (χ0) is 19.3. The number of amides is 1. The van der Waals surface area contributed by atoms with Crippen molar-refractivity contribution in [1.29, 1.82) is 0 Å². The molecule has 1 amide bonds. The van der Waals surface area contributed by atoms with Crippen molar-refractivity contribution < 1.29 is 4.79 Å². The molecule has 1 N–H and O–H groups in total. The average molecular weight is 427 g/mol. The smallest absolute Gasteiger partial charge is 0.232 e. The minimum atomic E-state index is -0.133. The molecular weight excluding hydrogens is 412 g/mol. The molecular formula is C20H15ClN4OS2. The second-order valence-electron chi connectivity index (χ2n) is 6.05. The molecule has 140 valence electrons. The lowest BCUT2D eigenvalue weighted by Crippen LogP contribution is -2.14. The van der Waals surface area contributed by atoms with Crippen LogP contribution in [0.1, 0.15) is 16.1 Å². The highest BCUT2D eigenvalue weighted by molar-refractivity contribution is 7.15. The Balaban J connectivity index is 1.36. The average Bonchev–Trinajstić information content (AvgIpc) is 3.32. The third-order valence-corrected chi connectivity index (χ3v) is 5.96. The van der Waals surface area contributed by atoms with E-state index < -0.39 is 0 Å². The van der Waals surface area contributed by atoms with Crippen LogP contribution in [0.25, 0.3) is 10.6 Å². The molecule has 1 aromatic carbocycles. The Morgan fingerprint density at radius 2 is 2.11 bits per heavy atom. The van der Waals surface area contributed by atoms with Gasteiger partial charge >= 0.3 is 0 Å². The van der Waals surface area contributed by atoms with Crippen molar-refractivity contribution >= 4 is 45.3 Å². The van der Waals surface area contributed by atoms with Crippen LogP contribution in [-0.2, 0) is 17.6 Å². The van der Waals surface area contributed by atoms with E-state index in [9.17, 15) is 4.79 Å². The van der Waals surface area contributed by atoms with Crippen LogP contribution >= 0.6 is 34.3 Å². The summed E-state index contributed by atoms with van der Waals surface area (Å²) in [5.41, 5.74) is 2.79. The fourth-order valence-corrected chi connectivity index (χ4v) is 4.52. The molecule has 4 rings (SSSR count). The maximum Gasteiger partial charge on any atom is 0.232 e. The summed E-state index contributed by atoms with van der Waals surface area (Å²) >= 11 is 8.99. The van der Waals surface area contributed by atoms with Crippen LogP contribution in [0.2, 0.25) is 5.02 Å². The fraction of sp³-hybridized carbons (Fsp3) is 0.100. The Morgan fingerprint density at radius 1 is 1.18 bits per heavy atom. The first kappa shape index (κ1) is 18.7. The van der Waals surface area contributed by atoms with Gasteiger partial charge in [0, 0.05) is 45.9 Å². The number of anilines is 1. The van der Waals surface area contributed by atoms with Crippen LogP contribution < -0.4 is 5.32 Å². The fourth-order valence-electron chi connectivity index (χ4n) is 2.63. The summed E-state index contributed by atoms with van der Waals surface area (Å²) in [4.78, 5) is 26.3. The van der Waals surface area contributed by atoms with Crippen molar-refractivity contribution in [1.82, 2.24) is 15.0 Å². The standard InChI is InChI=1S/C20H15ClN4OS2/c21-15-5-1-3-13(7-15)8-17-11-23-20(28-17)25-18(26)9-16-12-27-19(24-16)14-4-2-6-22-10-14/h1-7,10-12H,8-9H2,(H,23,25,26). The van der Waals surface area contributed by atoms with Gasteiger partial charge in [-0.25, -0.2) is 9.97 Å². The van der Waals surface area contributed by atoms with Crippen LogP contribution in [0.5, 0.6) is 0 Å². The SMILES string of the molecule is O=C(Cc1csc(-c2cccnc2)n1)Nc1ncc(Cc2cccc(Cl)c2)s1. The van der Waals surface area contributed by atoms with E-state index in [2.05, 4.69) is 20.3 Å². The van der Waals surface area contributed by atoms with E-state index in [1.807, 2.05) is 41.8 Å². The first-order valence-electron chi connectivity index (χ1n) is 8.49. The van der Waals surface area contributed by atoms with Gasteiger partial charge in [-0.3, -0.25) is 9.78 Å². The maximum atomic E-state index is 12.3. The number of halogens is 1. The molecule has 0 atom stereocenters. The first-order chi connectivity index (χ1) is 13.7. The lowest BCUT2D eigenvalue weighted by molar-refractivity contribution is -0.115. The van der Waals surface area contributed by atoms with Gasteiger partial charge in [0.15, 0.2) is 5.13 Å². The predicted octanol–water partition coefficient (Wildman–Crippen LogP) is 5.09. The normalized spacial score (nSPS) is 10.8. The zero-order valence-corrected chi connectivity index (χ0v) is 17.0. The van der Waals surface area contributed by atoms with Crippen LogP contribution in [-0.4, -0.2) is 20.9 Å². The van der Waals surface area contributed by atoms with Gasteiger partial charge in [0.05, 0.1) is 12.1 Å². The van der Waals surface area contributed by atoms with Crippen molar-refractivity contribution in [3.8, 4) is 10.6 Å². The number of rotatable bonds is 6. The molecule has 0 bridgehead atoms. The molecule has 0 aliphatic rings. The second kappa shape index (κ2) is 8.60. The third kappa shape index (κ3) is 4.81. The first-order valence-corrected chi connectivity index (χ1v) is 10.6. The number of carbonyl (C=O) groups excluding carboxylic acids is 1. The molecule has 0 saturated heterocycles. The minimum absolute atomic E-state index is 0.133. The van der Waals surface area contributed by atoms with Crippen molar-refractivity contribution in [3.05, 3.63) is 81.5 Å². The Labute approximate surface area is 175 Å². The van der Waals surface area contributed by atoms with E-state index >= 15 is 0 Å². The van der Waals surface area contributed by atoms with Crippen LogP contribution in [0, 0.1) is 0 Å². The molecule has 0 aliphatic carbocycles. The molecule has 5 nitrogen and oxygen atoms in total. The van der Waals surface area contributed by atoms with Gasteiger partial charge in [0.1, 0.15) is 5.01 Å². The van der Waals surface area contributed by atoms with E-state index in [1.54, 1.807) is 18.6 Å². The third-order valence-electron chi connectivity index (χ3n) is 3.87. The number of hydrogen-bond donors (Lipinski definition) is 1. The van der Waals surface area contributed by atoms with Crippen molar-refractivity contribution in [2.75, 3.05) is 5.32 Å². The summed E-state index contributed by atoms with van der Waals surface area (Å²) in [5.74, 6) is -0.133. The number of nitrogens with one attached hydrogen (secondary N) is 1. The van der Waals surface area contributed by atoms with Gasteiger partial charge < -0.3 is 5.32 Å². The second-order valence-corrected chi connectivity index (χ2v) is 8.46. The highest BCUT2D eigenvalue weighted by atomic mass is 35.5. The molecule has 0 fully saturated rings. The monoisotopic (exact) mass is 426 g/mol. The largest absolute Gasteiger partial charge is 0.302 e. The quantitative estimate of drug-likeness (QED) is 0.466. The predicted molar refractivity (Wildman–Crippen MR) is 114 cm³/mol. The van der Waals surface area contributed by atoms with Gasteiger partial charge in [-0.05, 0) is 29.8 Å². The zero-order valence-electron chi connectivity index (χ0n) is 14.6. The van der Waals surface area contributed by atoms with Crippen LogP contribution in [0.3, 0.4) is 0 Å². The molecule has 0 spiro atoms. The molecule has 28 heavy (non-hydrogen) atoms. The lowest BCUT2D eigenvalue weighted by atomic mass is 10.1. The van der Waals surface area contributed by atoms with Crippen molar-refractivity contribution in [3.63, 3.8) is 0 Å². The van der Waals surface area contributed by atoms with E-state index in [1.165, 1.54) is 22.7 Å². The molecule has 3 aromatic heterocycles.